The van der Waals surface area contributed by atoms with Crippen LogP contribution in [-0.4, -0.2) is 50.5 Å². The molecule has 1 amide bonds. The van der Waals surface area contributed by atoms with Gasteiger partial charge in [0.15, 0.2) is 14.6 Å². The molecular weight excluding hydrogens is 362 g/mol. The fraction of sp³-hybridized carbons (Fsp3) is 0.650. The Morgan fingerprint density at radius 1 is 1.26 bits per heavy atom. The fourth-order valence-corrected chi connectivity index (χ4v) is 4.10. The van der Waals surface area contributed by atoms with Crippen LogP contribution in [0.4, 0.5) is 0 Å². The second kappa shape index (κ2) is 8.83. The summed E-state index contributed by atoms with van der Waals surface area (Å²) in [6.45, 7) is 12.8. The topological polar surface area (TPSA) is 77.0 Å². The molecule has 0 radical (unpaired) electrons. The molecule has 1 aromatic carbocycles. The van der Waals surface area contributed by atoms with Gasteiger partial charge >= 0.3 is 0 Å². The van der Waals surface area contributed by atoms with Crippen molar-refractivity contribution in [2.24, 2.45) is 0 Å². The van der Waals surface area contributed by atoms with Gasteiger partial charge in [-0.05, 0) is 23.7 Å². The molecule has 1 aliphatic heterocycles. The highest BCUT2D eigenvalue weighted by Crippen LogP contribution is 2.39. The van der Waals surface area contributed by atoms with Gasteiger partial charge in [0, 0.05) is 6.92 Å². The summed E-state index contributed by atoms with van der Waals surface area (Å²) < 4.78 is 17.9. The van der Waals surface area contributed by atoms with Gasteiger partial charge in [0.05, 0.1) is 19.3 Å². The van der Waals surface area contributed by atoms with E-state index in [1.165, 1.54) is 6.92 Å². The Bertz CT molecular complexity index is 617. The van der Waals surface area contributed by atoms with Gasteiger partial charge in [0.25, 0.3) is 0 Å². The molecule has 6 nitrogen and oxygen atoms in total. The SMILES string of the molecule is CC(=O)N[C@@H]1C(O[Si](C)(C)C(C)(C)C)[C@H](O)O[C@@H]1COCc1ccccc1. The van der Waals surface area contributed by atoms with Crippen molar-refractivity contribution in [2.45, 2.75) is 77.0 Å². The summed E-state index contributed by atoms with van der Waals surface area (Å²) >= 11 is 0. The van der Waals surface area contributed by atoms with E-state index in [9.17, 15) is 9.90 Å². The number of nitrogens with one attached hydrogen (secondary N) is 1. The van der Waals surface area contributed by atoms with Gasteiger partial charge in [-0.15, -0.1) is 0 Å². The van der Waals surface area contributed by atoms with Crippen LogP contribution in [0.1, 0.15) is 33.3 Å². The summed E-state index contributed by atoms with van der Waals surface area (Å²) in [6, 6.07) is 9.38. The van der Waals surface area contributed by atoms with Crippen LogP contribution in [0.2, 0.25) is 18.1 Å². The van der Waals surface area contributed by atoms with E-state index in [-0.39, 0.29) is 17.6 Å². The van der Waals surface area contributed by atoms with Gasteiger partial charge in [0.1, 0.15) is 12.2 Å². The van der Waals surface area contributed by atoms with Gasteiger partial charge in [-0.2, -0.15) is 0 Å². The summed E-state index contributed by atoms with van der Waals surface area (Å²) in [5.74, 6) is -0.186. The summed E-state index contributed by atoms with van der Waals surface area (Å²) in [5.41, 5.74) is 1.06. The van der Waals surface area contributed by atoms with Crippen molar-refractivity contribution in [1.29, 1.82) is 0 Å². The van der Waals surface area contributed by atoms with E-state index in [2.05, 4.69) is 39.2 Å². The van der Waals surface area contributed by atoms with E-state index in [4.69, 9.17) is 13.9 Å². The summed E-state index contributed by atoms with van der Waals surface area (Å²) in [7, 11) is -2.15. The molecule has 152 valence electrons. The highest BCUT2D eigenvalue weighted by Gasteiger charge is 2.50. The van der Waals surface area contributed by atoms with Crippen LogP contribution < -0.4 is 5.32 Å². The number of carbonyl (C=O) groups excluding carboxylic acids is 1. The number of carbonyl (C=O) groups is 1. The van der Waals surface area contributed by atoms with Gasteiger partial charge in [-0.25, -0.2) is 0 Å². The van der Waals surface area contributed by atoms with Crippen LogP contribution in [0.25, 0.3) is 0 Å². The highest BCUT2D eigenvalue weighted by atomic mass is 28.4. The number of aliphatic hydroxyl groups is 1. The first-order chi connectivity index (χ1) is 12.5. The lowest BCUT2D eigenvalue weighted by Crippen LogP contribution is -2.54. The first-order valence-electron chi connectivity index (χ1n) is 9.41. The molecule has 1 aliphatic rings. The van der Waals surface area contributed by atoms with Crippen LogP contribution in [-0.2, 0) is 25.3 Å². The second-order valence-electron chi connectivity index (χ2n) is 8.63. The van der Waals surface area contributed by atoms with E-state index < -0.39 is 32.9 Å². The Kier molecular flexibility index (Phi) is 7.21. The largest absolute Gasteiger partial charge is 0.407 e. The zero-order valence-corrected chi connectivity index (χ0v) is 18.2. The predicted molar refractivity (Wildman–Crippen MR) is 107 cm³/mol. The van der Waals surface area contributed by atoms with Crippen LogP contribution in [0.15, 0.2) is 30.3 Å². The van der Waals surface area contributed by atoms with Crippen molar-refractivity contribution in [3.05, 3.63) is 35.9 Å². The summed E-state index contributed by atoms with van der Waals surface area (Å²) in [5, 5.41) is 13.3. The van der Waals surface area contributed by atoms with Gasteiger partial charge in [-0.1, -0.05) is 51.1 Å². The zero-order valence-electron chi connectivity index (χ0n) is 17.2. The minimum absolute atomic E-state index is 0.0185. The number of hydrogen-bond acceptors (Lipinski definition) is 5. The molecule has 1 saturated heterocycles. The molecular formula is C20H33NO5Si. The molecule has 27 heavy (non-hydrogen) atoms. The van der Waals surface area contributed by atoms with E-state index in [1.54, 1.807) is 0 Å². The maximum absolute atomic E-state index is 11.7. The lowest BCUT2D eigenvalue weighted by Gasteiger charge is -2.40. The Balaban J connectivity index is 2.05. The molecule has 1 unspecified atom stereocenters. The third-order valence-electron chi connectivity index (χ3n) is 5.35. The molecule has 1 aromatic rings. The van der Waals surface area contributed by atoms with Gasteiger partial charge in [0.2, 0.25) is 5.91 Å². The highest BCUT2D eigenvalue weighted by molar-refractivity contribution is 6.74. The lowest BCUT2D eigenvalue weighted by molar-refractivity contribution is -0.135. The monoisotopic (exact) mass is 395 g/mol. The number of ether oxygens (including phenoxy) is 2. The minimum Gasteiger partial charge on any atom is -0.407 e. The van der Waals surface area contributed by atoms with Crippen LogP contribution in [0.3, 0.4) is 0 Å². The van der Waals surface area contributed by atoms with Gasteiger partial charge < -0.3 is 24.3 Å². The second-order valence-corrected chi connectivity index (χ2v) is 13.4. The predicted octanol–water partition coefficient (Wildman–Crippen LogP) is 2.82. The standard InChI is InChI=1S/C20H33NO5Si/c1-14(22)21-17-16(13-24-12-15-10-8-7-9-11-15)25-19(23)18(17)26-27(5,6)20(2,3)4/h7-11,16-19,23H,12-13H2,1-6H3,(H,21,22)/t16-,17+,18?,19-/m1/s1. The number of benzene rings is 1. The maximum Gasteiger partial charge on any atom is 0.217 e. The molecule has 2 rings (SSSR count). The number of rotatable bonds is 7. The van der Waals surface area contributed by atoms with E-state index in [0.717, 1.165) is 5.56 Å². The maximum atomic E-state index is 11.7. The van der Waals surface area contributed by atoms with E-state index >= 15 is 0 Å². The van der Waals surface area contributed by atoms with Crippen molar-refractivity contribution in [3.63, 3.8) is 0 Å². The average molecular weight is 396 g/mol. The molecule has 0 aliphatic carbocycles. The lowest BCUT2D eigenvalue weighted by atomic mass is 10.1. The third-order valence-corrected chi connectivity index (χ3v) is 9.82. The normalized spacial score (nSPS) is 26.2. The van der Waals surface area contributed by atoms with E-state index in [1.807, 2.05) is 30.3 Å². The molecule has 0 spiro atoms. The molecule has 1 heterocycles. The number of hydrogen-bond donors (Lipinski definition) is 2. The van der Waals surface area contributed by atoms with Gasteiger partial charge in [-0.3, -0.25) is 4.79 Å². The number of aliphatic hydroxyl groups excluding tert-OH is 1. The zero-order chi connectivity index (χ0) is 20.2. The molecule has 0 bridgehead atoms. The first-order valence-corrected chi connectivity index (χ1v) is 12.3. The molecule has 1 fully saturated rings. The van der Waals surface area contributed by atoms with Crippen molar-refractivity contribution in [2.75, 3.05) is 6.61 Å². The number of amides is 1. The molecule has 0 aromatic heterocycles. The Hall–Kier alpha value is -1.25. The summed E-state index contributed by atoms with van der Waals surface area (Å²) in [6.07, 6.45) is -2.18. The molecule has 4 atom stereocenters. The van der Waals surface area contributed by atoms with Crippen molar-refractivity contribution in [1.82, 2.24) is 5.32 Å². The average Bonchev–Trinajstić information content (AvgIpc) is 2.82. The Morgan fingerprint density at radius 3 is 2.44 bits per heavy atom. The van der Waals surface area contributed by atoms with Crippen molar-refractivity contribution < 1.29 is 23.8 Å². The van der Waals surface area contributed by atoms with E-state index in [0.29, 0.717) is 6.61 Å². The molecule has 2 N–H and O–H groups in total. The quantitative estimate of drug-likeness (QED) is 0.694. The third kappa shape index (κ3) is 5.86. The van der Waals surface area contributed by atoms with Crippen LogP contribution in [0, 0.1) is 0 Å². The van der Waals surface area contributed by atoms with Crippen molar-refractivity contribution >= 4 is 14.2 Å². The van der Waals surface area contributed by atoms with Crippen molar-refractivity contribution in [3.8, 4) is 0 Å². The summed E-state index contributed by atoms with van der Waals surface area (Å²) in [4.78, 5) is 11.7. The first kappa shape index (κ1) is 22.0. The Labute approximate surface area is 163 Å². The van der Waals surface area contributed by atoms with Crippen LogP contribution in [0.5, 0.6) is 0 Å². The van der Waals surface area contributed by atoms with Crippen LogP contribution >= 0.6 is 0 Å². The fourth-order valence-electron chi connectivity index (χ4n) is 2.80. The molecule has 7 heteroatoms. The molecule has 0 saturated carbocycles. The minimum atomic E-state index is -2.15. The Morgan fingerprint density at radius 2 is 1.89 bits per heavy atom. The smallest absolute Gasteiger partial charge is 0.217 e.